The number of nitrogens with zero attached hydrogens (tertiary/aromatic N) is 2. The van der Waals surface area contributed by atoms with Crippen LogP contribution in [0.2, 0.25) is 0 Å². The smallest absolute Gasteiger partial charge is 0.263 e. The van der Waals surface area contributed by atoms with Crippen LogP contribution < -0.4 is 15.6 Å². The van der Waals surface area contributed by atoms with Crippen LogP contribution in [0, 0.1) is 5.82 Å². The molecule has 0 bridgehead atoms. The molecule has 1 saturated heterocycles. The highest BCUT2D eigenvalue weighted by Crippen LogP contribution is 2.12. The standard InChI is InChI=1S/C18H19FN4O4/c1-11-8-21-16(24)6-7-23(11)18(26)14-9-20-15(22-17(14)25)10-27-13-4-2-12(19)3-5-13/h2-5,9,11H,6-8,10H2,1H3,(H,21,24)(H,20,22,25). The number of carbonyl (C=O) groups excluding carboxylic acids is 2. The van der Waals surface area contributed by atoms with Crippen molar-refractivity contribution in [3.05, 3.63) is 58.0 Å². The van der Waals surface area contributed by atoms with Gasteiger partial charge in [-0.25, -0.2) is 9.37 Å². The summed E-state index contributed by atoms with van der Waals surface area (Å²) in [5.74, 6) is -0.316. The van der Waals surface area contributed by atoms with E-state index in [1.807, 2.05) is 0 Å². The fourth-order valence-corrected chi connectivity index (χ4v) is 2.70. The number of benzene rings is 1. The zero-order chi connectivity index (χ0) is 19.4. The summed E-state index contributed by atoms with van der Waals surface area (Å²) in [6.45, 7) is 2.34. The minimum Gasteiger partial charge on any atom is -0.486 e. The zero-order valence-corrected chi connectivity index (χ0v) is 14.7. The van der Waals surface area contributed by atoms with E-state index in [-0.39, 0.29) is 48.7 Å². The molecule has 0 aliphatic carbocycles. The highest BCUT2D eigenvalue weighted by Gasteiger charge is 2.27. The number of hydrogen-bond donors (Lipinski definition) is 2. The molecule has 0 spiro atoms. The molecule has 1 aliphatic heterocycles. The lowest BCUT2D eigenvalue weighted by Crippen LogP contribution is -2.43. The lowest BCUT2D eigenvalue weighted by molar-refractivity contribution is -0.120. The molecule has 1 atom stereocenters. The predicted octanol–water partition coefficient (Wildman–Crippen LogP) is 0.839. The number of ether oxygens (including phenoxy) is 1. The largest absolute Gasteiger partial charge is 0.486 e. The van der Waals surface area contributed by atoms with Crippen LogP contribution in [0.4, 0.5) is 4.39 Å². The van der Waals surface area contributed by atoms with Crippen LogP contribution in [0.25, 0.3) is 0 Å². The summed E-state index contributed by atoms with van der Waals surface area (Å²) in [4.78, 5) is 44.5. The third kappa shape index (κ3) is 4.49. The molecule has 8 nitrogen and oxygen atoms in total. The van der Waals surface area contributed by atoms with Crippen molar-refractivity contribution in [1.29, 1.82) is 0 Å². The second kappa shape index (κ2) is 7.98. The van der Waals surface area contributed by atoms with Crippen molar-refractivity contribution in [3.8, 4) is 5.75 Å². The van der Waals surface area contributed by atoms with Gasteiger partial charge in [0.2, 0.25) is 5.91 Å². The molecular weight excluding hydrogens is 355 g/mol. The number of nitrogens with one attached hydrogen (secondary N) is 2. The van der Waals surface area contributed by atoms with Gasteiger partial charge >= 0.3 is 0 Å². The fourth-order valence-electron chi connectivity index (χ4n) is 2.70. The predicted molar refractivity (Wildman–Crippen MR) is 93.7 cm³/mol. The highest BCUT2D eigenvalue weighted by atomic mass is 19.1. The second-order valence-electron chi connectivity index (χ2n) is 6.22. The fraction of sp³-hybridized carbons (Fsp3) is 0.333. The summed E-state index contributed by atoms with van der Waals surface area (Å²) in [7, 11) is 0. The quantitative estimate of drug-likeness (QED) is 0.825. The molecule has 0 radical (unpaired) electrons. The van der Waals surface area contributed by atoms with Crippen molar-refractivity contribution in [3.63, 3.8) is 0 Å². The number of rotatable bonds is 4. The van der Waals surface area contributed by atoms with Crippen LogP contribution >= 0.6 is 0 Å². The van der Waals surface area contributed by atoms with E-state index in [9.17, 15) is 18.8 Å². The van der Waals surface area contributed by atoms with Crippen LogP contribution in [-0.2, 0) is 11.4 Å². The van der Waals surface area contributed by atoms with Gasteiger partial charge in [-0.3, -0.25) is 14.4 Å². The summed E-state index contributed by atoms with van der Waals surface area (Å²) in [6, 6.07) is 5.21. The molecule has 142 valence electrons. The minimum absolute atomic E-state index is 0.0338. The first-order valence-corrected chi connectivity index (χ1v) is 8.48. The maximum absolute atomic E-state index is 12.9. The van der Waals surface area contributed by atoms with Crippen LogP contribution in [-0.4, -0.2) is 45.8 Å². The Morgan fingerprint density at radius 1 is 1.33 bits per heavy atom. The maximum Gasteiger partial charge on any atom is 0.263 e. The van der Waals surface area contributed by atoms with Crippen molar-refractivity contribution in [1.82, 2.24) is 20.2 Å². The van der Waals surface area contributed by atoms with Crippen LogP contribution in [0.5, 0.6) is 5.75 Å². The SMILES string of the molecule is CC1CNC(=O)CCN1C(=O)c1cnc(COc2ccc(F)cc2)[nH]c1=O. The monoisotopic (exact) mass is 374 g/mol. The van der Waals surface area contributed by atoms with E-state index < -0.39 is 11.5 Å². The molecule has 1 unspecified atom stereocenters. The zero-order valence-electron chi connectivity index (χ0n) is 14.7. The average Bonchev–Trinajstić information content (AvgIpc) is 2.82. The molecule has 0 saturated carbocycles. The van der Waals surface area contributed by atoms with Gasteiger partial charge in [0, 0.05) is 31.7 Å². The van der Waals surface area contributed by atoms with E-state index in [4.69, 9.17) is 4.74 Å². The molecule has 2 aromatic rings. The van der Waals surface area contributed by atoms with Gasteiger partial charge in [-0.15, -0.1) is 0 Å². The van der Waals surface area contributed by atoms with Crippen molar-refractivity contribution < 1.29 is 18.7 Å². The van der Waals surface area contributed by atoms with Crippen LogP contribution in [0.15, 0.2) is 35.3 Å². The normalized spacial score (nSPS) is 17.2. The Kier molecular flexibility index (Phi) is 5.49. The van der Waals surface area contributed by atoms with Crippen LogP contribution in [0.1, 0.15) is 29.5 Å². The second-order valence-corrected chi connectivity index (χ2v) is 6.22. The van der Waals surface area contributed by atoms with Gasteiger partial charge in [-0.05, 0) is 31.2 Å². The first kappa shape index (κ1) is 18.6. The van der Waals surface area contributed by atoms with Crippen molar-refractivity contribution >= 4 is 11.8 Å². The molecule has 2 heterocycles. The molecule has 1 aromatic heterocycles. The van der Waals surface area contributed by atoms with E-state index in [1.165, 1.54) is 35.4 Å². The number of H-pyrrole nitrogens is 1. The Morgan fingerprint density at radius 3 is 2.78 bits per heavy atom. The molecule has 2 N–H and O–H groups in total. The van der Waals surface area contributed by atoms with Gasteiger partial charge in [-0.1, -0.05) is 0 Å². The molecule has 1 aliphatic rings. The number of aromatic nitrogens is 2. The highest BCUT2D eigenvalue weighted by molar-refractivity contribution is 5.94. The van der Waals surface area contributed by atoms with E-state index in [0.29, 0.717) is 12.3 Å². The third-order valence-corrected chi connectivity index (χ3v) is 4.24. The minimum atomic E-state index is -0.580. The van der Waals surface area contributed by atoms with Crippen molar-refractivity contribution in [2.45, 2.75) is 26.0 Å². The molecule has 3 rings (SSSR count). The molecule has 1 aromatic carbocycles. The van der Waals surface area contributed by atoms with E-state index in [1.54, 1.807) is 6.92 Å². The lowest BCUT2D eigenvalue weighted by Gasteiger charge is -2.26. The number of hydrogen-bond acceptors (Lipinski definition) is 5. The maximum atomic E-state index is 12.9. The third-order valence-electron chi connectivity index (χ3n) is 4.24. The Bertz CT molecular complexity index is 897. The molecule has 27 heavy (non-hydrogen) atoms. The van der Waals surface area contributed by atoms with Gasteiger partial charge in [0.05, 0.1) is 0 Å². The number of halogens is 1. The average molecular weight is 374 g/mol. The van der Waals surface area contributed by atoms with Gasteiger partial charge in [0.15, 0.2) is 0 Å². The summed E-state index contributed by atoms with van der Waals surface area (Å²) >= 11 is 0. The number of aromatic amines is 1. The Hall–Kier alpha value is -3.23. The summed E-state index contributed by atoms with van der Waals surface area (Å²) in [5.41, 5.74) is -0.676. The summed E-state index contributed by atoms with van der Waals surface area (Å²) in [6.07, 6.45) is 1.39. The topological polar surface area (TPSA) is 104 Å². The summed E-state index contributed by atoms with van der Waals surface area (Å²) in [5, 5.41) is 2.72. The van der Waals surface area contributed by atoms with Crippen molar-refractivity contribution in [2.75, 3.05) is 13.1 Å². The van der Waals surface area contributed by atoms with Crippen molar-refractivity contribution in [2.24, 2.45) is 0 Å². The number of amides is 2. The molecule has 1 fully saturated rings. The Morgan fingerprint density at radius 2 is 2.07 bits per heavy atom. The molecule has 9 heteroatoms. The first-order valence-electron chi connectivity index (χ1n) is 8.48. The van der Waals surface area contributed by atoms with Gasteiger partial charge in [0.1, 0.15) is 29.6 Å². The first-order chi connectivity index (χ1) is 12.9. The van der Waals surface area contributed by atoms with E-state index in [2.05, 4.69) is 15.3 Å². The Labute approximate surface area is 154 Å². The molecule has 2 amide bonds. The lowest BCUT2D eigenvalue weighted by atomic mass is 10.2. The van der Waals surface area contributed by atoms with E-state index in [0.717, 1.165) is 0 Å². The molecular formula is C18H19FN4O4. The van der Waals surface area contributed by atoms with Gasteiger partial charge < -0.3 is 19.9 Å². The van der Waals surface area contributed by atoms with Gasteiger partial charge in [0.25, 0.3) is 11.5 Å². The number of carbonyl (C=O) groups is 2. The van der Waals surface area contributed by atoms with E-state index >= 15 is 0 Å². The van der Waals surface area contributed by atoms with Crippen LogP contribution in [0.3, 0.4) is 0 Å². The van der Waals surface area contributed by atoms with Gasteiger partial charge in [-0.2, -0.15) is 0 Å². The Balaban J connectivity index is 1.70. The summed E-state index contributed by atoms with van der Waals surface area (Å²) < 4.78 is 18.3.